The Morgan fingerprint density at radius 2 is 2.04 bits per heavy atom. The summed E-state index contributed by atoms with van der Waals surface area (Å²) < 4.78 is 16.3. The molecule has 25 heavy (non-hydrogen) atoms. The molecule has 7 nitrogen and oxygen atoms in total. The number of hydrogen-bond donors (Lipinski definition) is 0. The number of aromatic nitrogens is 2. The molecule has 0 radical (unpaired) electrons. The number of ether oxygens (including phenoxy) is 2. The highest BCUT2D eigenvalue weighted by molar-refractivity contribution is 5.77. The standard InChI is InChI=1S/C18H23N3O4/c1-2-23-13-17(22)21-10-8-15(9-11-21)24-12-16-19-18(20-25-16)14-6-4-3-5-7-14/h3-7,15H,2,8-13H2,1H3. The van der Waals surface area contributed by atoms with Crippen molar-refractivity contribution < 1.29 is 18.8 Å². The smallest absolute Gasteiger partial charge is 0.252 e. The van der Waals surface area contributed by atoms with E-state index in [4.69, 9.17) is 14.0 Å². The minimum absolute atomic E-state index is 0.0460. The summed E-state index contributed by atoms with van der Waals surface area (Å²) in [6.45, 7) is 4.27. The Balaban J connectivity index is 1.43. The van der Waals surface area contributed by atoms with Crippen molar-refractivity contribution >= 4 is 5.91 Å². The second-order valence-electron chi connectivity index (χ2n) is 5.91. The van der Waals surface area contributed by atoms with Crippen molar-refractivity contribution in [3.63, 3.8) is 0 Å². The van der Waals surface area contributed by atoms with Crippen molar-refractivity contribution in [2.75, 3.05) is 26.3 Å². The van der Waals surface area contributed by atoms with E-state index >= 15 is 0 Å². The number of carbonyl (C=O) groups is 1. The summed E-state index contributed by atoms with van der Waals surface area (Å²) >= 11 is 0. The molecule has 1 aliphatic rings. The van der Waals surface area contributed by atoms with Crippen molar-refractivity contribution in [1.29, 1.82) is 0 Å². The minimum atomic E-state index is 0.0460. The number of hydrogen-bond acceptors (Lipinski definition) is 6. The summed E-state index contributed by atoms with van der Waals surface area (Å²) in [7, 11) is 0. The maximum Gasteiger partial charge on any atom is 0.252 e. The summed E-state index contributed by atoms with van der Waals surface area (Å²) in [6, 6.07) is 9.68. The summed E-state index contributed by atoms with van der Waals surface area (Å²) in [4.78, 5) is 18.1. The van der Waals surface area contributed by atoms with Crippen LogP contribution in [0.3, 0.4) is 0 Å². The lowest BCUT2D eigenvalue weighted by Gasteiger charge is -2.31. The average molecular weight is 345 g/mol. The van der Waals surface area contributed by atoms with Crippen molar-refractivity contribution in [1.82, 2.24) is 15.0 Å². The summed E-state index contributed by atoms with van der Waals surface area (Å²) in [5, 5.41) is 3.98. The second-order valence-corrected chi connectivity index (χ2v) is 5.91. The molecule has 1 fully saturated rings. The van der Waals surface area contributed by atoms with Gasteiger partial charge >= 0.3 is 0 Å². The minimum Gasteiger partial charge on any atom is -0.372 e. The molecule has 0 bridgehead atoms. The lowest BCUT2D eigenvalue weighted by Crippen LogP contribution is -2.42. The number of likely N-dealkylation sites (tertiary alicyclic amines) is 1. The van der Waals surface area contributed by atoms with E-state index in [0.29, 0.717) is 31.4 Å². The number of carbonyl (C=O) groups excluding carboxylic acids is 1. The largest absolute Gasteiger partial charge is 0.372 e. The molecule has 0 spiro atoms. The van der Waals surface area contributed by atoms with Gasteiger partial charge in [0.15, 0.2) is 0 Å². The summed E-state index contributed by atoms with van der Waals surface area (Å²) in [5.41, 5.74) is 0.915. The van der Waals surface area contributed by atoms with Gasteiger partial charge in [-0.1, -0.05) is 35.5 Å². The van der Waals surface area contributed by atoms with Crippen LogP contribution in [0, 0.1) is 0 Å². The normalized spacial score (nSPS) is 15.5. The summed E-state index contributed by atoms with van der Waals surface area (Å²) in [6.07, 6.45) is 1.71. The molecule has 0 unspecified atom stereocenters. The Bertz CT molecular complexity index is 666. The van der Waals surface area contributed by atoms with Gasteiger partial charge in [-0.25, -0.2) is 0 Å². The van der Waals surface area contributed by atoms with Crippen LogP contribution < -0.4 is 0 Å². The third-order valence-electron chi connectivity index (χ3n) is 4.17. The maximum absolute atomic E-state index is 11.9. The lowest BCUT2D eigenvalue weighted by molar-refractivity contribution is -0.138. The van der Waals surface area contributed by atoms with Gasteiger partial charge in [-0.15, -0.1) is 0 Å². The van der Waals surface area contributed by atoms with Gasteiger partial charge in [0.2, 0.25) is 11.7 Å². The maximum atomic E-state index is 11.9. The van der Waals surface area contributed by atoms with Crippen LogP contribution in [0.2, 0.25) is 0 Å². The van der Waals surface area contributed by atoms with Gasteiger partial charge in [-0.05, 0) is 19.8 Å². The number of benzene rings is 1. The van der Waals surface area contributed by atoms with Gasteiger partial charge < -0.3 is 18.9 Å². The molecule has 2 heterocycles. The van der Waals surface area contributed by atoms with Crippen LogP contribution >= 0.6 is 0 Å². The second kappa shape index (κ2) is 8.73. The molecular weight excluding hydrogens is 322 g/mol. The Labute approximate surface area is 146 Å². The zero-order valence-corrected chi connectivity index (χ0v) is 14.4. The van der Waals surface area contributed by atoms with Crippen LogP contribution in [0.15, 0.2) is 34.9 Å². The molecule has 0 N–H and O–H groups in total. The zero-order chi connectivity index (χ0) is 17.5. The van der Waals surface area contributed by atoms with Crippen LogP contribution in [0.25, 0.3) is 11.4 Å². The highest BCUT2D eigenvalue weighted by Gasteiger charge is 2.23. The van der Waals surface area contributed by atoms with Gasteiger partial charge in [0, 0.05) is 25.3 Å². The van der Waals surface area contributed by atoms with E-state index in [2.05, 4.69) is 10.1 Å². The van der Waals surface area contributed by atoms with Crippen molar-refractivity contribution in [2.45, 2.75) is 32.5 Å². The van der Waals surface area contributed by atoms with Crippen LogP contribution in [0.4, 0.5) is 0 Å². The number of piperidine rings is 1. The SMILES string of the molecule is CCOCC(=O)N1CCC(OCc2nc(-c3ccccc3)no2)CC1. The molecule has 0 aliphatic carbocycles. The van der Waals surface area contributed by atoms with Crippen molar-refractivity contribution in [2.24, 2.45) is 0 Å². The van der Waals surface area contributed by atoms with Gasteiger partial charge in [-0.3, -0.25) is 4.79 Å². The predicted molar refractivity (Wildman–Crippen MR) is 90.6 cm³/mol. The lowest BCUT2D eigenvalue weighted by atomic mass is 10.1. The quantitative estimate of drug-likeness (QED) is 0.766. The van der Waals surface area contributed by atoms with Gasteiger partial charge in [-0.2, -0.15) is 4.98 Å². The Hall–Kier alpha value is -2.25. The molecule has 0 saturated carbocycles. The first-order valence-corrected chi connectivity index (χ1v) is 8.61. The van der Waals surface area contributed by atoms with E-state index < -0.39 is 0 Å². The molecular formula is C18H23N3O4. The fourth-order valence-electron chi connectivity index (χ4n) is 2.76. The summed E-state index contributed by atoms with van der Waals surface area (Å²) in [5.74, 6) is 1.08. The van der Waals surface area contributed by atoms with Crippen molar-refractivity contribution in [3.05, 3.63) is 36.2 Å². The predicted octanol–water partition coefficient (Wildman–Crippen LogP) is 2.28. The molecule has 7 heteroatoms. The molecule has 1 aromatic carbocycles. The number of rotatable bonds is 7. The van der Waals surface area contributed by atoms with E-state index in [9.17, 15) is 4.79 Å². The zero-order valence-electron chi connectivity index (χ0n) is 14.4. The Morgan fingerprint density at radius 3 is 2.76 bits per heavy atom. The monoisotopic (exact) mass is 345 g/mol. The molecule has 1 aromatic heterocycles. The highest BCUT2D eigenvalue weighted by atomic mass is 16.5. The molecule has 1 aliphatic heterocycles. The molecule has 1 saturated heterocycles. The van der Waals surface area contributed by atoms with Crippen LogP contribution in [0.5, 0.6) is 0 Å². The first kappa shape index (κ1) is 17.6. The third-order valence-corrected chi connectivity index (χ3v) is 4.17. The van der Waals surface area contributed by atoms with Crippen molar-refractivity contribution in [3.8, 4) is 11.4 Å². The molecule has 1 amide bonds. The molecule has 134 valence electrons. The van der Waals surface area contributed by atoms with Gasteiger partial charge in [0.25, 0.3) is 5.89 Å². The van der Waals surface area contributed by atoms with E-state index in [1.807, 2.05) is 42.2 Å². The first-order valence-electron chi connectivity index (χ1n) is 8.61. The number of amides is 1. The van der Waals surface area contributed by atoms with E-state index in [-0.39, 0.29) is 25.2 Å². The van der Waals surface area contributed by atoms with Crippen LogP contribution in [-0.4, -0.2) is 53.4 Å². The van der Waals surface area contributed by atoms with E-state index in [0.717, 1.165) is 18.4 Å². The molecule has 2 aromatic rings. The fraction of sp³-hybridized carbons (Fsp3) is 0.500. The van der Waals surface area contributed by atoms with Crippen LogP contribution in [0.1, 0.15) is 25.7 Å². The van der Waals surface area contributed by atoms with E-state index in [1.54, 1.807) is 0 Å². The molecule has 0 atom stereocenters. The Morgan fingerprint density at radius 1 is 1.28 bits per heavy atom. The first-order chi connectivity index (χ1) is 12.3. The third kappa shape index (κ3) is 4.87. The van der Waals surface area contributed by atoms with Crippen LogP contribution in [-0.2, 0) is 20.9 Å². The fourth-order valence-corrected chi connectivity index (χ4v) is 2.76. The molecule has 3 rings (SSSR count). The van der Waals surface area contributed by atoms with E-state index in [1.165, 1.54) is 0 Å². The average Bonchev–Trinajstić information content (AvgIpc) is 3.14. The Kier molecular flexibility index (Phi) is 6.14. The topological polar surface area (TPSA) is 77.7 Å². The number of nitrogens with zero attached hydrogens (tertiary/aromatic N) is 3. The van der Waals surface area contributed by atoms with Gasteiger partial charge in [0.1, 0.15) is 13.2 Å². The highest BCUT2D eigenvalue weighted by Crippen LogP contribution is 2.18. The van der Waals surface area contributed by atoms with Gasteiger partial charge in [0.05, 0.1) is 6.10 Å².